The largest absolute Gasteiger partial charge is 0.370 e. The Hall–Kier alpha value is -1.29. The van der Waals surface area contributed by atoms with Crippen LogP contribution in [0.2, 0.25) is 0 Å². The molecule has 0 aliphatic carbocycles. The SMILES string of the molecule is CCC(C)(OC)C(=O)c1c(F)cccc1F. The molecule has 88 valence electrons. The van der Waals surface area contributed by atoms with E-state index in [-0.39, 0.29) is 0 Å². The lowest BCUT2D eigenvalue weighted by Crippen LogP contribution is -2.37. The van der Waals surface area contributed by atoms with Gasteiger partial charge in [0.2, 0.25) is 0 Å². The first-order chi connectivity index (χ1) is 7.46. The van der Waals surface area contributed by atoms with Gasteiger partial charge in [0.25, 0.3) is 0 Å². The molecule has 0 bridgehead atoms. The van der Waals surface area contributed by atoms with Crippen molar-refractivity contribution in [1.82, 2.24) is 0 Å². The highest BCUT2D eigenvalue weighted by Crippen LogP contribution is 2.24. The van der Waals surface area contributed by atoms with E-state index in [1.54, 1.807) is 6.92 Å². The molecule has 1 atom stereocenters. The number of carbonyl (C=O) groups is 1. The predicted octanol–water partition coefficient (Wildman–Crippen LogP) is 2.96. The molecule has 4 heteroatoms. The molecular formula is C12H14F2O2. The summed E-state index contributed by atoms with van der Waals surface area (Å²) in [5, 5.41) is 0. The van der Waals surface area contributed by atoms with Crippen LogP contribution in [-0.4, -0.2) is 18.5 Å². The number of ether oxygens (including phenoxy) is 1. The van der Waals surface area contributed by atoms with Crippen LogP contribution in [0.4, 0.5) is 8.78 Å². The van der Waals surface area contributed by atoms with E-state index in [1.165, 1.54) is 20.1 Å². The Morgan fingerprint density at radius 3 is 2.25 bits per heavy atom. The normalized spacial score (nSPS) is 14.6. The van der Waals surface area contributed by atoms with E-state index < -0.39 is 28.6 Å². The average molecular weight is 228 g/mol. The average Bonchev–Trinajstić information content (AvgIpc) is 2.27. The van der Waals surface area contributed by atoms with Gasteiger partial charge in [-0.1, -0.05) is 13.0 Å². The van der Waals surface area contributed by atoms with Crippen molar-refractivity contribution < 1.29 is 18.3 Å². The Balaban J connectivity index is 3.24. The maximum atomic E-state index is 13.4. The number of benzene rings is 1. The maximum Gasteiger partial charge on any atom is 0.200 e. The Morgan fingerprint density at radius 2 is 1.88 bits per heavy atom. The molecule has 0 saturated heterocycles. The zero-order valence-electron chi connectivity index (χ0n) is 9.51. The second kappa shape index (κ2) is 4.70. The Morgan fingerprint density at radius 1 is 1.38 bits per heavy atom. The summed E-state index contributed by atoms with van der Waals surface area (Å²) in [6.07, 6.45) is 0.343. The zero-order valence-corrected chi connectivity index (χ0v) is 9.51. The topological polar surface area (TPSA) is 26.3 Å². The Kier molecular flexibility index (Phi) is 3.75. The van der Waals surface area contributed by atoms with Crippen LogP contribution >= 0.6 is 0 Å². The molecule has 0 radical (unpaired) electrons. The number of methoxy groups -OCH3 is 1. The van der Waals surface area contributed by atoms with Gasteiger partial charge in [0.1, 0.15) is 17.2 Å². The molecule has 16 heavy (non-hydrogen) atoms. The third-order valence-electron chi connectivity index (χ3n) is 2.80. The molecule has 0 heterocycles. The monoisotopic (exact) mass is 228 g/mol. The summed E-state index contributed by atoms with van der Waals surface area (Å²) in [5.41, 5.74) is -1.73. The summed E-state index contributed by atoms with van der Waals surface area (Å²) in [5.74, 6) is -2.39. The molecule has 2 nitrogen and oxygen atoms in total. The van der Waals surface area contributed by atoms with Crippen LogP contribution < -0.4 is 0 Å². The molecular weight excluding hydrogens is 214 g/mol. The number of rotatable bonds is 4. The highest BCUT2D eigenvalue weighted by Gasteiger charge is 2.35. The summed E-state index contributed by atoms with van der Waals surface area (Å²) >= 11 is 0. The standard InChI is InChI=1S/C12H14F2O2/c1-4-12(2,16-3)11(15)10-8(13)6-5-7-9(10)14/h5-7H,4H2,1-3H3. The molecule has 0 aliphatic rings. The molecule has 0 N–H and O–H groups in total. The second-order valence-electron chi connectivity index (χ2n) is 3.71. The van der Waals surface area contributed by atoms with E-state index in [1.807, 2.05) is 0 Å². The van der Waals surface area contributed by atoms with Crippen LogP contribution in [-0.2, 0) is 4.74 Å². The first-order valence-corrected chi connectivity index (χ1v) is 5.00. The van der Waals surface area contributed by atoms with E-state index in [4.69, 9.17) is 4.74 Å². The van der Waals surface area contributed by atoms with E-state index in [9.17, 15) is 13.6 Å². The highest BCUT2D eigenvalue weighted by atomic mass is 19.1. The maximum absolute atomic E-state index is 13.4. The fraction of sp³-hybridized carbons (Fsp3) is 0.417. The number of Topliss-reactive ketones (excluding diaryl/α,β-unsaturated/α-hetero) is 1. The third kappa shape index (κ3) is 2.11. The van der Waals surface area contributed by atoms with Crippen molar-refractivity contribution in [2.75, 3.05) is 7.11 Å². The van der Waals surface area contributed by atoms with E-state index in [2.05, 4.69) is 0 Å². The molecule has 1 aromatic carbocycles. The minimum absolute atomic E-state index is 0.343. The fourth-order valence-electron chi connectivity index (χ4n) is 1.38. The number of carbonyl (C=O) groups excluding carboxylic acids is 1. The second-order valence-corrected chi connectivity index (χ2v) is 3.71. The lowest BCUT2D eigenvalue weighted by molar-refractivity contribution is 0.00989. The molecule has 0 fully saturated rings. The molecule has 0 aromatic heterocycles. The van der Waals surface area contributed by atoms with Crippen molar-refractivity contribution in [3.63, 3.8) is 0 Å². The minimum atomic E-state index is -1.19. The lowest BCUT2D eigenvalue weighted by Gasteiger charge is -2.25. The Bertz CT molecular complexity index is 378. The first-order valence-electron chi connectivity index (χ1n) is 5.00. The molecule has 0 amide bonds. The van der Waals surface area contributed by atoms with Gasteiger partial charge in [-0.2, -0.15) is 0 Å². The van der Waals surface area contributed by atoms with Crippen LogP contribution in [0, 0.1) is 11.6 Å². The van der Waals surface area contributed by atoms with Crippen LogP contribution in [0.5, 0.6) is 0 Å². The van der Waals surface area contributed by atoms with E-state index in [0.29, 0.717) is 6.42 Å². The number of hydrogen-bond donors (Lipinski definition) is 0. The predicted molar refractivity (Wildman–Crippen MR) is 56.4 cm³/mol. The summed E-state index contributed by atoms with van der Waals surface area (Å²) in [4.78, 5) is 12.0. The third-order valence-corrected chi connectivity index (χ3v) is 2.80. The minimum Gasteiger partial charge on any atom is -0.370 e. The van der Waals surface area contributed by atoms with Crippen molar-refractivity contribution in [1.29, 1.82) is 0 Å². The summed E-state index contributed by atoms with van der Waals surface area (Å²) < 4.78 is 31.8. The van der Waals surface area contributed by atoms with Crippen molar-refractivity contribution in [3.8, 4) is 0 Å². The van der Waals surface area contributed by atoms with Crippen molar-refractivity contribution in [3.05, 3.63) is 35.4 Å². The quantitative estimate of drug-likeness (QED) is 0.740. The van der Waals surface area contributed by atoms with Gasteiger partial charge >= 0.3 is 0 Å². The number of ketones is 1. The molecule has 1 aromatic rings. The van der Waals surface area contributed by atoms with E-state index in [0.717, 1.165) is 12.1 Å². The van der Waals surface area contributed by atoms with Gasteiger partial charge in [-0.3, -0.25) is 4.79 Å². The summed E-state index contributed by atoms with van der Waals surface area (Å²) in [7, 11) is 1.35. The van der Waals surface area contributed by atoms with Gasteiger partial charge in [0.05, 0.1) is 5.56 Å². The van der Waals surface area contributed by atoms with Gasteiger partial charge in [0.15, 0.2) is 5.78 Å². The molecule has 1 rings (SSSR count). The van der Waals surface area contributed by atoms with Crippen molar-refractivity contribution in [2.24, 2.45) is 0 Å². The molecule has 1 unspecified atom stereocenters. The summed E-state index contributed by atoms with van der Waals surface area (Å²) in [6.45, 7) is 3.24. The first kappa shape index (κ1) is 12.8. The van der Waals surface area contributed by atoms with Crippen LogP contribution in [0.3, 0.4) is 0 Å². The van der Waals surface area contributed by atoms with Crippen molar-refractivity contribution in [2.45, 2.75) is 25.9 Å². The van der Waals surface area contributed by atoms with Gasteiger partial charge in [-0.05, 0) is 25.5 Å². The fourth-order valence-corrected chi connectivity index (χ4v) is 1.38. The van der Waals surface area contributed by atoms with Gasteiger partial charge in [-0.15, -0.1) is 0 Å². The Labute approximate surface area is 93.2 Å². The van der Waals surface area contributed by atoms with Crippen LogP contribution in [0.1, 0.15) is 30.6 Å². The highest BCUT2D eigenvalue weighted by molar-refractivity contribution is 6.02. The zero-order chi connectivity index (χ0) is 12.3. The smallest absolute Gasteiger partial charge is 0.200 e. The summed E-state index contributed by atoms with van der Waals surface area (Å²) in [6, 6.07) is 3.33. The van der Waals surface area contributed by atoms with Crippen LogP contribution in [0.25, 0.3) is 0 Å². The van der Waals surface area contributed by atoms with Crippen LogP contribution in [0.15, 0.2) is 18.2 Å². The van der Waals surface area contributed by atoms with Gasteiger partial charge in [-0.25, -0.2) is 8.78 Å². The van der Waals surface area contributed by atoms with Gasteiger partial charge in [0, 0.05) is 7.11 Å². The molecule has 0 spiro atoms. The molecule has 0 aliphatic heterocycles. The number of hydrogen-bond acceptors (Lipinski definition) is 2. The van der Waals surface area contributed by atoms with Crippen molar-refractivity contribution >= 4 is 5.78 Å². The van der Waals surface area contributed by atoms with E-state index >= 15 is 0 Å². The lowest BCUT2D eigenvalue weighted by atomic mass is 9.91. The number of halogens is 2. The molecule has 0 saturated carbocycles. The van der Waals surface area contributed by atoms with Gasteiger partial charge < -0.3 is 4.74 Å².